The molecule has 0 bridgehead atoms. The van der Waals surface area contributed by atoms with Crippen molar-refractivity contribution in [3.63, 3.8) is 0 Å². The van der Waals surface area contributed by atoms with E-state index in [0.717, 1.165) is 89.9 Å². The summed E-state index contributed by atoms with van der Waals surface area (Å²) >= 11 is 0. The number of carbonyl (C=O) groups excluding carboxylic acids is 1. The molecule has 0 aromatic carbocycles. The van der Waals surface area contributed by atoms with Crippen molar-refractivity contribution in [2.24, 2.45) is 0 Å². The van der Waals surface area contributed by atoms with Gasteiger partial charge in [0.1, 0.15) is 25.9 Å². The molecule has 0 spiro atoms. The van der Waals surface area contributed by atoms with Crippen LogP contribution in [0, 0.1) is 0 Å². The number of esters is 1. The van der Waals surface area contributed by atoms with Crippen LogP contribution in [0.3, 0.4) is 0 Å². The number of aliphatic hydroxyl groups is 1. The van der Waals surface area contributed by atoms with E-state index < -0.39 is 26.5 Å². The van der Waals surface area contributed by atoms with Gasteiger partial charge in [-0.1, -0.05) is 147 Å². The van der Waals surface area contributed by atoms with Crippen LogP contribution in [0.5, 0.6) is 0 Å². The van der Waals surface area contributed by atoms with E-state index in [0.29, 0.717) is 17.4 Å². The van der Waals surface area contributed by atoms with E-state index in [-0.39, 0.29) is 19.6 Å². The molecule has 320 valence electrons. The smallest absolute Gasteiger partial charge is 0.305 e. The molecule has 0 saturated carbocycles. The number of allylic oxidation sites excluding steroid dienone is 22. The fourth-order valence-corrected chi connectivity index (χ4v) is 5.39. The second-order valence-corrected chi connectivity index (χ2v) is 15.9. The summed E-state index contributed by atoms with van der Waals surface area (Å²) in [7, 11) is 1.21. The van der Waals surface area contributed by atoms with Crippen LogP contribution in [0.1, 0.15) is 110 Å². The minimum atomic E-state index is -4.52. The molecule has 2 atom stereocenters. The zero-order chi connectivity index (χ0) is 42.0. The number of phosphoric acid groups is 1. The first kappa shape index (κ1) is 53.6. The zero-order valence-electron chi connectivity index (χ0n) is 35.7. The number of hydrogen-bond donors (Lipinski definition) is 1. The monoisotopic (exact) mass is 810 g/mol. The molecular formula is C48H76NO7P. The van der Waals surface area contributed by atoms with Crippen LogP contribution in [-0.4, -0.2) is 69.2 Å². The molecule has 0 saturated heterocycles. The number of rotatable bonds is 36. The summed E-state index contributed by atoms with van der Waals surface area (Å²) in [6, 6.07) is 0. The highest BCUT2D eigenvalue weighted by molar-refractivity contribution is 7.45. The molecule has 57 heavy (non-hydrogen) atoms. The van der Waals surface area contributed by atoms with Gasteiger partial charge in [-0.15, -0.1) is 0 Å². The number of phosphoric ester groups is 1. The standard InChI is InChI=1S/C48H76NO7P/c1-5-6-7-8-9-10-11-12-13-14-15-16-17-18-19-20-21-22-23-24-25-26-27-28-29-30-31-32-33-34-35-36-37-38-39-40-41-42-48(51)54-45-47(50)46-56-57(52,53)55-44-43-49(2,3)4/h6-7,9-10,12-13,15-16,18-19,21-22,24-25,27-28,30-31,33-34,36-37,47,50H,5,8,11,14,17,20,23,26,29,32,35,38-46H2,1-4H3/b7-6-,10-9-,13-12-,16-15-,19-18-,22-21-,25-24-,28-27-,31-30-,34-33-,37-36-. The van der Waals surface area contributed by atoms with Gasteiger partial charge in [-0.25, -0.2) is 0 Å². The number of unbranched alkanes of at least 4 members (excludes halogenated alkanes) is 3. The number of carbonyl (C=O) groups is 1. The van der Waals surface area contributed by atoms with Crippen molar-refractivity contribution in [3.05, 3.63) is 134 Å². The fraction of sp³-hybridized carbons (Fsp3) is 0.521. The van der Waals surface area contributed by atoms with Crippen LogP contribution < -0.4 is 4.89 Å². The number of ether oxygens (including phenoxy) is 1. The highest BCUT2D eigenvalue weighted by Crippen LogP contribution is 2.38. The molecule has 0 rings (SSSR count). The average Bonchev–Trinajstić information content (AvgIpc) is 3.17. The molecule has 0 fully saturated rings. The maximum atomic E-state index is 11.9. The predicted octanol–water partition coefficient (Wildman–Crippen LogP) is 11.5. The molecule has 0 aliphatic carbocycles. The Kier molecular flexibility index (Phi) is 37.1. The first-order valence-corrected chi connectivity index (χ1v) is 22.4. The Labute approximate surface area is 347 Å². The van der Waals surface area contributed by atoms with E-state index in [2.05, 4.69) is 145 Å². The second kappa shape index (κ2) is 39.5. The third-order valence-electron chi connectivity index (χ3n) is 7.92. The second-order valence-electron chi connectivity index (χ2n) is 14.5. The molecule has 9 heteroatoms. The van der Waals surface area contributed by atoms with Gasteiger partial charge < -0.3 is 28.3 Å². The first-order chi connectivity index (χ1) is 27.6. The molecule has 0 radical (unpaired) electrons. The molecule has 0 aliphatic heterocycles. The lowest BCUT2D eigenvalue weighted by Gasteiger charge is -2.27. The van der Waals surface area contributed by atoms with E-state index in [1.165, 1.54) is 0 Å². The van der Waals surface area contributed by atoms with Gasteiger partial charge in [0.05, 0.1) is 27.7 Å². The Balaban J connectivity index is 3.70. The summed E-state index contributed by atoms with van der Waals surface area (Å²) < 4.78 is 26.8. The molecule has 0 amide bonds. The van der Waals surface area contributed by atoms with Crippen molar-refractivity contribution < 1.29 is 37.6 Å². The highest BCUT2D eigenvalue weighted by Gasteiger charge is 2.16. The van der Waals surface area contributed by atoms with Gasteiger partial charge in [-0.2, -0.15) is 0 Å². The number of hydrogen-bond acceptors (Lipinski definition) is 7. The molecule has 1 N–H and O–H groups in total. The maximum absolute atomic E-state index is 11.9. The van der Waals surface area contributed by atoms with E-state index in [4.69, 9.17) is 9.26 Å². The lowest BCUT2D eigenvalue weighted by atomic mass is 10.1. The van der Waals surface area contributed by atoms with Gasteiger partial charge in [0, 0.05) is 6.42 Å². The van der Waals surface area contributed by atoms with Crippen LogP contribution in [0.2, 0.25) is 0 Å². The number of nitrogens with zero attached hydrogens (tertiary/aromatic N) is 1. The van der Waals surface area contributed by atoms with Crippen LogP contribution in [0.15, 0.2) is 134 Å². The number of quaternary nitrogens is 1. The summed E-state index contributed by atoms with van der Waals surface area (Å²) in [5.41, 5.74) is 0. The highest BCUT2D eigenvalue weighted by atomic mass is 31.2. The van der Waals surface area contributed by atoms with Gasteiger partial charge in [0.2, 0.25) is 0 Å². The molecule has 0 aliphatic rings. The number of likely N-dealkylation sites (N-methyl/N-ethyl adjacent to an activating group) is 1. The molecule has 2 unspecified atom stereocenters. The van der Waals surface area contributed by atoms with Crippen LogP contribution in [0.25, 0.3) is 0 Å². The maximum Gasteiger partial charge on any atom is 0.305 e. The Hall–Kier alpha value is -3.36. The molecule has 0 heterocycles. The predicted molar refractivity (Wildman–Crippen MR) is 239 cm³/mol. The van der Waals surface area contributed by atoms with E-state index in [9.17, 15) is 19.4 Å². The Morgan fingerprint density at radius 3 is 1.30 bits per heavy atom. The largest absolute Gasteiger partial charge is 0.756 e. The van der Waals surface area contributed by atoms with E-state index in [1.807, 2.05) is 21.1 Å². The van der Waals surface area contributed by atoms with Gasteiger partial charge >= 0.3 is 5.97 Å². The average molecular weight is 810 g/mol. The van der Waals surface area contributed by atoms with Gasteiger partial charge in [-0.3, -0.25) is 9.36 Å². The van der Waals surface area contributed by atoms with Crippen molar-refractivity contribution in [3.8, 4) is 0 Å². The SMILES string of the molecule is CC/C=C\C/C=C\C/C=C\C/C=C\C/C=C\C/C=C\C/C=C\C/C=C\C/C=C\C/C=C\C/C=C\CCCCCC(=O)OCC(O)COP(=O)([O-])OCC[N+](C)(C)C. The molecular weight excluding hydrogens is 734 g/mol. The normalized spacial score (nSPS) is 15.1. The van der Waals surface area contributed by atoms with Crippen molar-refractivity contribution in [1.29, 1.82) is 0 Å². The molecule has 0 aromatic rings. The third-order valence-corrected chi connectivity index (χ3v) is 8.88. The van der Waals surface area contributed by atoms with Crippen LogP contribution >= 0.6 is 7.82 Å². The Morgan fingerprint density at radius 1 is 0.561 bits per heavy atom. The third kappa shape index (κ3) is 45.2. The fourth-order valence-electron chi connectivity index (χ4n) is 4.65. The zero-order valence-corrected chi connectivity index (χ0v) is 36.6. The summed E-state index contributed by atoms with van der Waals surface area (Å²) in [4.78, 5) is 23.7. The van der Waals surface area contributed by atoms with Crippen LogP contribution in [-0.2, 0) is 23.1 Å². The summed E-state index contributed by atoms with van der Waals surface area (Å²) in [6.45, 7) is 1.76. The van der Waals surface area contributed by atoms with Gasteiger partial charge in [0.15, 0.2) is 0 Å². The van der Waals surface area contributed by atoms with Gasteiger partial charge in [-0.05, 0) is 89.9 Å². The van der Waals surface area contributed by atoms with Crippen molar-refractivity contribution in [2.75, 3.05) is 47.5 Å². The lowest BCUT2D eigenvalue weighted by molar-refractivity contribution is -0.870. The van der Waals surface area contributed by atoms with Crippen molar-refractivity contribution in [1.82, 2.24) is 0 Å². The Morgan fingerprint density at radius 2 is 0.930 bits per heavy atom. The van der Waals surface area contributed by atoms with Crippen molar-refractivity contribution >= 4 is 13.8 Å². The van der Waals surface area contributed by atoms with Crippen molar-refractivity contribution in [2.45, 2.75) is 116 Å². The topological polar surface area (TPSA) is 105 Å². The van der Waals surface area contributed by atoms with Gasteiger partial charge in [0.25, 0.3) is 7.82 Å². The minimum absolute atomic E-state index is 0.0215. The van der Waals surface area contributed by atoms with E-state index >= 15 is 0 Å². The first-order valence-electron chi connectivity index (χ1n) is 20.9. The quantitative estimate of drug-likeness (QED) is 0.0221. The minimum Gasteiger partial charge on any atom is -0.756 e. The lowest BCUT2D eigenvalue weighted by Crippen LogP contribution is -2.37. The molecule has 8 nitrogen and oxygen atoms in total. The summed E-state index contributed by atoms with van der Waals surface area (Å²) in [5, 5.41) is 9.87. The Bertz CT molecular complexity index is 1360. The van der Waals surface area contributed by atoms with Crippen LogP contribution in [0.4, 0.5) is 0 Å². The molecule has 0 aromatic heterocycles. The van der Waals surface area contributed by atoms with E-state index in [1.54, 1.807) is 0 Å². The number of aliphatic hydroxyl groups excluding tert-OH is 1. The summed E-state index contributed by atoms with van der Waals surface area (Å²) in [6.07, 6.45) is 61.9. The summed E-state index contributed by atoms with van der Waals surface area (Å²) in [5.74, 6) is -0.426.